The summed E-state index contributed by atoms with van der Waals surface area (Å²) < 4.78 is 10.3. The van der Waals surface area contributed by atoms with Crippen LogP contribution in [0.15, 0.2) is 84.9 Å². The second-order valence-corrected chi connectivity index (χ2v) is 7.51. The van der Waals surface area contributed by atoms with E-state index >= 15 is 0 Å². The Morgan fingerprint density at radius 3 is 2.00 bits per heavy atom. The lowest BCUT2D eigenvalue weighted by Crippen LogP contribution is -2.53. The number of alkyl carbamates (subject to hydrolysis) is 1. The maximum atomic E-state index is 12.8. The molecule has 0 aromatic heterocycles. The van der Waals surface area contributed by atoms with Gasteiger partial charge < -0.3 is 14.8 Å². The summed E-state index contributed by atoms with van der Waals surface area (Å²) in [5.74, 6) is -0.279. The van der Waals surface area contributed by atoms with Crippen LogP contribution >= 0.6 is 0 Å². The number of hydrazine groups is 1. The van der Waals surface area contributed by atoms with Crippen LogP contribution in [-0.4, -0.2) is 31.1 Å². The molecule has 8 heteroatoms. The summed E-state index contributed by atoms with van der Waals surface area (Å²) in [6.45, 7) is 0.0744. The van der Waals surface area contributed by atoms with Gasteiger partial charge in [0, 0.05) is 6.42 Å². The average molecular weight is 462 g/mol. The average Bonchev–Trinajstić information content (AvgIpc) is 2.87. The number of hydrogen-bond acceptors (Lipinski definition) is 5. The zero-order chi connectivity index (χ0) is 24.2. The van der Waals surface area contributed by atoms with E-state index in [1.54, 1.807) is 31.4 Å². The van der Waals surface area contributed by atoms with Crippen molar-refractivity contribution in [1.29, 1.82) is 0 Å². The van der Waals surface area contributed by atoms with Crippen LogP contribution in [0.1, 0.15) is 16.7 Å². The van der Waals surface area contributed by atoms with E-state index in [2.05, 4.69) is 16.2 Å². The van der Waals surface area contributed by atoms with E-state index in [4.69, 9.17) is 9.47 Å². The molecule has 0 unspecified atom stereocenters. The molecule has 0 saturated carbocycles. The number of amides is 3. The summed E-state index contributed by atoms with van der Waals surface area (Å²) >= 11 is 0. The Labute approximate surface area is 198 Å². The molecule has 0 aliphatic rings. The minimum absolute atomic E-state index is 0.0696. The molecule has 0 heterocycles. The van der Waals surface area contributed by atoms with Crippen molar-refractivity contribution >= 4 is 17.9 Å². The van der Waals surface area contributed by atoms with Crippen LogP contribution in [0.5, 0.6) is 5.75 Å². The van der Waals surface area contributed by atoms with Gasteiger partial charge in [-0.2, -0.15) is 0 Å². The Balaban J connectivity index is 1.55. The summed E-state index contributed by atoms with van der Waals surface area (Å²) in [6, 6.07) is 24.5. The Kier molecular flexibility index (Phi) is 9.04. The van der Waals surface area contributed by atoms with E-state index < -0.39 is 23.9 Å². The number of hydrogen-bond donors (Lipinski definition) is 3. The van der Waals surface area contributed by atoms with Gasteiger partial charge in [-0.1, -0.05) is 72.8 Å². The van der Waals surface area contributed by atoms with Crippen LogP contribution in [0.25, 0.3) is 0 Å². The highest BCUT2D eigenvalue weighted by Crippen LogP contribution is 2.11. The van der Waals surface area contributed by atoms with Crippen LogP contribution in [0.2, 0.25) is 0 Å². The number of ether oxygens (including phenoxy) is 2. The fourth-order valence-corrected chi connectivity index (χ4v) is 3.16. The van der Waals surface area contributed by atoms with Crippen LogP contribution in [0, 0.1) is 0 Å². The molecule has 3 amide bonds. The zero-order valence-corrected chi connectivity index (χ0v) is 18.8. The second kappa shape index (κ2) is 12.6. The Hall–Kier alpha value is -4.33. The normalized spacial score (nSPS) is 11.1. The van der Waals surface area contributed by atoms with E-state index in [1.165, 1.54) is 0 Å². The number of carbonyl (C=O) groups excluding carboxylic acids is 3. The monoisotopic (exact) mass is 461 g/mol. The summed E-state index contributed by atoms with van der Waals surface area (Å²) in [5, 5.41) is 2.58. The summed E-state index contributed by atoms with van der Waals surface area (Å²) in [7, 11) is 1.56. The maximum Gasteiger partial charge on any atom is 0.408 e. The van der Waals surface area contributed by atoms with Crippen LogP contribution in [-0.2, 0) is 33.8 Å². The topological polar surface area (TPSA) is 106 Å². The molecule has 176 valence electrons. The van der Waals surface area contributed by atoms with E-state index in [0.29, 0.717) is 5.75 Å². The van der Waals surface area contributed by atoms with Crippen molar-refractivity contribution in [2.24, 2.45) is 0 Å². The quantitative estimate of drug-likeness (QED) is 0.425. The zero-order valence-electron chi connectivity index (χ0n) is 18.8. The maximum absolute atomic E-state index is 12.8. The van der Waals surface area contributed by atoms with Gasteiger partial charge in [0.15, 0.2) is 0 Å². The molecule has 34 heavy (non-hydrogen) atoms. The van der Waals surface area contributed by atoms with Gasteiger partial charge in [-0.05, 0) is 28.8 Å². The highest BCUT2D eigenvalue weighted by molar-refractivity contribution is 5.88. The minimum atomic E-state index is -0.952. The minimum Gasteiger partial charge on any atom is -0.497 e. The molecule has 3 aromatic rings. The van der Waals surface area contributed by atoms with Gasteiger partial charge in [0.25, 0.3) is 5.91 Å². The number of methoxy groups -OCH3 is 1. The third kappa shape index (κ3) is 7.98. The molecule has 3 aromatic carbocycles. The fourth-order valence-electron chi connectivity index (χ4n) is 3.16. The van der Waals surface area contributed by atoms with Gasteiger partial charge in [-0.3, -0.25) is 20.4 Å². The Morgan fingerprint density at radius 1 is 0.765 bits per heavy atom. The fraction of sp³-hybridized carbons (Fsp3) is 0.192. The summed E-state index contributed by atoms with van der Waals surface area (Å²) in [6.07, 6.45) is -0.439. The van der Waals surface area contributed by atoms with E-state index in [9.17, 15) is 14.4 Å². The highest BCUT2D eigenvalue weighted by Gasteiger charge is 2.22. The van der Waals surface area contributed by atoms with E-state index in [1.807, 2.05) is 60.7 Å². The Morgan fingerprint density at radius 2 is 1.38 bits per heavy atom. The van der Waals surface area contributed by atoms with Crippen LogP contribution in [0.3, 0.4) is 0 Å². The van der Waals surface area contributed by atoms with Crippen molar-refractivity contribution in [3.05, 3.63) is 102 Å². The molecule has 0 fully saturated rings. The number of nitrogens with one attached hydrogen (secondary N) is 3. The summed E-state index contributed by atoms with van der Waals surface area (Å²) in [4.78, 5) is 37.4. The summed E-state index contributed by atoms with van der Waals surface area (Å²) in [5.41, 5.74) is 7.22. The smallest absolute Gasteiger partial charge is 0.408 e. The van der Waals surface area contributed by atoms with Gasteiger partial charge in [0.05, 0.1) is 13.5 Å². The van der Waals surface area contributed by atoms with Crippen molar-refractivity contribution < 1.29 is 23.9 Å². The molecule has 3 N–H and O–H groups in total. The standard InChI is InChI=1S/C26H27N3O5/c1-33-22-14-12-20(13-15-22)17-24(30)28-29-25(31)23(16-19-8-4-2-5-9-19)27-26(32)34-18-21-10-6-3-7-11-21/h2-15,23H,16-18H2,1H3,(H,27,32)(H,28,30)(H,29,31)/t23-/m0/s1. The predicted molar refractivity (Wildman–Crippen MR) is 127 cm³/mol. The molecule has 0 bridgehead atoms. The lowest BCUT2D eigenvalue weighted by atomic mass is 10.1. The molecular weight excluding hydrogens is 434 g/mol. The first-order valence-electron chi connectivity index (χ1n) is 10.8. The lowest BCUT2D eigenvalue weighted by molar-refractivity contribution is -0.129. The van der Waals surface area contributed by atoms with Crippen molar-refractivity contribution in [2.45, 2.75) is 25.5 Å². The van der Waals surface area contributed by atoms with Crippen molar-refractivity contribution in [3.8, 4) is 5.75 Å². The lowest BCUT2D eigenvalue weighted by Gasteiger charge is -2.19. The van der Waals surface area contributed by atoms with Gasteiger partial charge >= 0.3 is 6.09 Å². The molecule has 0 spiro atoms. The predicted octanol–water partition coefficient (Wildman–Crippen LogP) is 2.92. The van der Waals surface area contributed by atoms with E-state index in [0.717, 1.165) is 16.7 Å². The van der Waals surface area contributed by atoms with Gasteiger partial charge in [-0.25, -0.2) is 4.79 Å². The molecule has 3 rings (SSSR count). The molecule has 0 radical (unpaired) electrons. The molecule has 1 atom stereocenters. The van der Waals surface area contributed by atoms with Crippen LogP contribution in [0.4, 0.5) is 4.79 Å². The second-order valence-electron chi connectivity index (χ2n) is 7.51. The molecular formula is C26H27N3O5. The third-order valence-corrected chi connectivity index (χ3v) is 4.95. The SMILES string of the molecule is COc1ccc(CC(=O)NNC(=O)[C@H](Cc2ccccc2)NC(=O)OCc2ccccc2)cc1. The molecule has 0 aliphatic carbocycles. The first kappa shape index (κ1) is 24.3. The number of benzene rings is 3. The first-order valence-corrected chi connectivity index (χ1v) is 10.8. The van der Waals surface area contributed by atoms with Crippen molar-refractivity contribution in [3.63, 3.8) is 0 Å². The molecule has 0 aliphatic heterocycles. The largest absolute Gasteiger partial charge is 0.497 e. The van der Waals surface area contributed by atoms with Gasteiger partial charge in [0.2, 0.25) is 5.91 Å². The Bertz CT molecular complexity index is 1070. The number of rotatable bonds is 9. The van der Waals surface area contributed by atoms with E-state index in [-0.39, 0.29) is 19.4 Å². The third-order valence-electron chi connectivity index (χ3n) is 4.95. The van der Waals surface area contributed by atoms with Gasteiger partial charge in [-0.15, -0.1) is 0 Å². The first-order chi connectivity index (χ1) is 16.5. The number of carbonyl (C=O) groups is 3. The van der Waals surface area contributed by atoms with Crippen LogP contribution < -0.4 is 20.9 Å². The molecule has 0 saturated heterocycles. The molecule has 8 nitrogen and oxygen atoms in total. The van der Waals surface area contributed by atoms with Crippen molar-refractivity contribution in [1.82, 2.24) is 16.2 Å². The highest BCUT2D eigenvalue weighted by atomic mass is 16.5. The van der Waals surface area contributed by atoms with Gasteiger partial charge in [0.1, 0.15) is 18.4 Å². The van der Waals surface area contributed by atoms with Crippen molar-refractivity contribution in [2.75, 3.05) is 7.11 Å².